The lowest BCUT2D eigenvalue weighted by Gasteiger charge is -2.31. The zero-order chi connectivity index (χ0) is 9.90. The van der Waals surface area contributed by atoms with Gasteiger partial charge in [-0.25, -0.2) is 4.57 Å². The molecule has 0 spiro atoms. The van der Waals surface area contributed by atoms with E-state index in [2.05, 4.69) is 9.42 Å². The van der Waals surface area contributed by atoms with Crippen molar-refractivity contribution in [3.63, 3.8) is 0 Å². The average Bonchev–Trinajstić information content (AvgIpc) is 2.01. The minimum Gasteiger partial charge on any atom is -0.303 e. The van der Waals surface area contributed by atoms with E-state index in [4.69, 9.17) is 9.79 Å². The van der Waals surface area contributed by atoms with Crippen LogP contribution >= 0.6 is 7.82 Å². The summed E-state index contributed by atoms with van der Waals surface area (Å²) in [5, 5.41) is 0. The van der Waals surface area contributed by atoms with Crippen LogP contribution in [-0.2, 0) is 9.09 Å². The molecule has 0 amide bonds. The number of likely N-dealkylation sites (tertiary alicyclic amines) is 1. The summed E-state index contributed by atoms with van der Waals surface area (Å²) >= 11 is 0. The molecule has 0 aromatic rings. The molecule has 0 radical (unpaired) electrons. The van der Waals surface area contributed by atoms with Gasteiger partial charge in [0.2, 0.25) is 0 Å². The highest BCUT2D eigenvalue weighted by Gasteiger charge is 2.23. The minimum atomic E-state index is -4.29. The molecule has 5 nitrogen and oxygen atoms in total. The topological polar surface area (TPSA) is 70.0 Å². The monoisotopic (exact) mass is 209 g/mol. The van der Waals surface area contributed by atoms with Gasteiger partial charge in [-0.1, -0.05) is 6.42 Å². The molecule has 1 aliphatic heterocycles. The van der Waals surface area contributed by atoms with Gasteiger partial charge in [0.15, 0.2) is 0 Å². The Morgan fingerprint density at radius 2 is 2.23 bits per heavy atom. The van der Waals surface area contributed by atoms with Crippen molar-refractivity contribution in [3.8, 4) is 0 Å². The Kier molecular flexibility index (Phi) is 3.88. The van der Waals surface area contributed by atoms with Gasteiger partial charge >= 0.3 is 7.82 Å². The van der Waals surface area contributed by atoms with Crippen molar-refractivity contribution in [2.45, 2.75) is 25.3 Å². The summed E-state index contributed by atoms with van der Waals surface area (Å²) in [5.74, 6) is 0. The molecule has 2 N–H and O–H groups in total. The fourth-order valence-electron chi connectivity index (χ4n) is 1.54. The predicted octanol–water partition coefficient (Wildman–Crippen LogP) is 0.580. The zero-order valence-electron chi connectivity index (χ0n) is 7.72. The number of nitrogens with zero attached hydrogens (tertiary/aromatic N) is 1. The lowest BCUT2D eigenvalue weighted by molar-refractivity contribution is 0.102. The second-order valence-electron chi connectivity index (χ2n) is 3.42. The fourth-order valence-corrected chi connectivity index (χ4v) is 1.90. The highest BCUT2D eigenvalue weighted by atomic mass is 31.2. The second-order valence-corrected chi connectivity index (χ2v) is 4.66. The molecule has 0 bridgehead atoms. The molecule has 1 rings (SSSR count). The van der Waals surface area contributed by atoms with Crippen molar-refractivity contribution in [2.24, 2.45) is 0 Å². The molecular formula is C7H16NO4P. The van der Waals surface area contributed by atoms with E-state index in [1.165, 1.54) is 0 Å². The van der Waals surface area contributed by atoms with Gasteiger partial charge in [-0.15, -0.1) is 0 Å². The van der Waals surface area contributed by atoms with Crippen LogP contribution in [0.15, 0.2) is 0 Å². The van der Waals surface area contributed by atoms with Gasteiger partial charge in [0.1, 0.15) is 0 Å². The fraction of sp³-hybridized carbons (Fsp3) is 1.00. The van der Waals surface area contributed by atoms with Crippen LogP contribution in [0.4, 0.5) is 0 Å². The third-order valence-corrected chi connectivity index (χ3v) is 2.84. The van der Waals surface area contributed by atoms with Crippen LogP contribution in [0.2, 0.25) is 0 Å². The molecule has 0 aromatic carbocycles. The smallest absolute Gasteiger partial charge is 0.303 e. The highest BCUT2D eigenvalue weighted by Crippen LogP contribution is 2.36. The normalized spacial score (nSPS) is 26.2. The molecule has 78 valence electrons. The summed E-state index contributed by atoms with van der Waals surface area (Å²) in [4.78, 5) is 19.1. The minimum absolute atomic E-state index is 0.126. The van der Waals surface area contributed by atoms with E-state index in [0.717, 1.165) is 25.8 Å². The van der Waals surface area contributed by atoms with Crippen LogP contribution in [0, 0.1) is 0 Å². The van der Waals surface area contributed by atoms with Crippen LogP contribution in [0.3, 0.4) is 0 Å². The lowest BCUT2D eigenvalue weighted by atomic mass is 10.0. The molecule has 0 aromatic heterocycles. The van der Waals surface area contributed by atoms with Gasteiger partial charge in [-0.05, 0) is 26.4 Å². The molecule has 1 heterocycles. The van der Waals surface area contributed by atoms with Gasteiger partial charge in [-0.3, -0.25) is 4.52 Å². The maximum absolute atomic E-state index is 10.4. The summed E-state index contributed by atoms with van der Waals surface area (Å²) < 4.78 is 14.9. The first kappa shape index (κ1) is 11.1. The Morgan fingerprint density at radius 3 is 2.77 bits per heavy atom. The van der Waals surface area contributed by atoms with E-state index < -0.39 is 7.82 Å². The Hall–Kier alpha value is 0.0700. The number of likely N-dealkylation sites (N-methyl/N-ethyl adjacent to an activating group) is 1. The number of piperidine rings is 1. The van der Waals surface area contributed by atoms with Gasteiger partial charge in [0.05, 0.1) is 6.61 Å². The van der Waals surface area contributed by atoms with Crippen molar-refractivity contribution < 1.29 is 18.9 Å². The number of rotatable bonds is 3. The van der Waals surface area contributed by atoms with Crippen molar-refractivity contribution in [3.05, 3.63) is 0 Å². The zero-order valence-corrected chi connectivity index (χ0v) is 8.61. The maximum atomic E-state index is 10.4. The Bertz CT molecular complexity index is 205. The second kappa shape index (κ2) is 4.53. The van der Waals surface area contributed by atoms with Crippen LogP contribution in [0.25, 0.3) is 0 Å². The van der Waals surface area contributed by atoms with Crippen molar-refractivity contribution >= 4 is 7.82 Å². The number of hydrogen-bond donors (Lipinski definition) is 2. The predicted molar refractivity (Wildman–Crippen MR) is 48.3 cm³/mol. The molecule has 13 heavy (non-hydrogen) atoms. The third kappa shape index (κ3) is 4.20. The molecule has 0 aliphatic carbocycles. The summed E-state index contributed by atoms with van der Waals surface area (Å²) in [6.45, 7) is 1.11. The van der Waals surface area contributed by atoms with E-state index in [-0.39, 0.29) is 12.6 Å². The molecule has 1 saturated heterocycles. The van der Waals surface area contributed by atoms with E-state index in [1.807, 2.05) is 7.05 Å². The van der Waals surface area contributed by atoms with Crippen molar-refractivity contribution in [1.29, 1.82) is 0 Å². The largest absolute Gasteiger partial charge is 0.469 e. The summed E-state index contributed by atoms with van der Waals surface area (Å²) in [6.07, 6.45) is 3.22. The van der Waals surface area contributed by atoms with Gasteiger partial charge in [0.25, 0.3) is 0 Å². The molecule has 6 heteroatoms. The van der Waals surface area contributed by atoms with Crippen molar-refractivity contribution in [1.82, 2.24) is 4.90 Å². The Balaban J connectivity index is 2.31. The van der Waals surface area contributed by atoms with Crippen LogP contribution in [-0.4, -0.2) is 40.9 Å². The first-order valence-corrected chi connectivity index (χ1v) is 5.92. The number of phosphoric acid groups is 1. The van der Waals surface area contributed by atoms with Gasteiger partial charge < -0.3 is 14.7 Å². The first-order valence-electron chi connectivity index (χ1n) is 4.39. The number of hydrogen-bond acceptors (Lipinski definition) is 3. The van der Waals surface area contributed by atoms with E-state index in [0.29, 0.717) is 0 Å². The van der Waals surface area contributed by atoms with E-state index in [1.54, 1.807) is 0 Å². The van der Waals surface area contributed by atoms with E-state index in [9.17, 15) is 4.57 Å². The van der Waals surface area contributed by atoms with Crippen LogP contribution < -0.4 is 0 Å². The molecule has 1 atom stereocenters. The number of phosphoric ester groups is 1. The molecule has 1 aliphatic rings. The molecule has 1 fully saturated rings. The SMILES string of the molecule is CN1CCCC[C@@H]1COP(=O)(O)O. The Labute approximate surface area is 77.9 Å². The van der Waals surface area contributed by atoms with Gasteiger partial charge in [-0.2, -0.15) is 0 Å². The standard InChI is InChI=1S/C7H16NO4P/c1-8-5-3-2-4-7(8)6-12-13(9,10)11/h7H,2-6H2,1H3,(H2,9,10,11)/t7-/m1/s1. The van der Waals surface area contributed by atoms with Crippen molar-refractivity contribution in [2.75, 3.05) is 20.2 Å². The average molecular weight is 209 g/mol. The first-order chi connectivity index (χ1) is 5.99. The lowest BCUT2D eigenvalue weighted by Crippen LogP contribution is -2.39. The maximum Gasteiger partial charge on any atom is 0.469 e. The van der Waals surface area contributed by atoms with E-state index >= 15 is 0 Å². The summed E-state index contributed by atoms with van der Waals surface area (Å²) in [6, 6.07) is 0.154. The summed E-state index contributed by atoms with van der Waals surface area (Å²) in [7, 11) is -2.33. The molecule has 0 unspecified atom stereocenters. The quantitative estimate of drug-likeness (QED) is 0.665. The molecule has 0 saturated carbocycles. The van der Waals surface area contributed by atoms with Crippen LogP contribution in [0.5, 0.6) is 0 Å². The Morgan fingerprint density at radius 1 is 1.54 bits per heavy atom. The third-order valence-electron chi connectivity index (χ3n) is 2.36. The van der Waals surface area contributed by atoms with Gasteiger partial charge in [0, 0.05) is 6.04 Å². The summed E-state index contributed by atoms with van der Waals surface area (Å²) in [5.41, 5.74) is 0. The van der Waals surface area contributed by atoms with Crippen LogP contribution in [0.1, 0.15) is 19.3 Å². The molecular weight excluding hydrogens is 193 g/mol. The highest BCUT2D eigenvalue weighted by molar-refractivity contribution is 7.46.